The van der Waals surface area contributed by atoms with Crippen LogP contribution in [0.4, 0.5) is 0 Å². The number of rotatable bonds is 2. The molecule has 1 aliphatic heterocycles. The summed E-state index contributed by atoms with van der Waals surface area (Å²) in [7, 11) is 0. The van der Waals surface area contributed by atoms with Crippen LogP contribution in [-0.4, -0.2) is 42.0 Å². The monoisotopic (exact) mass is 352 g/mol. The number of hydrogen-bond acceptors (Lipinski definition) is 4. The topological polar surface area (TPSA) is 79.7 Å². The molecule has 1 N–H and O–H groups in total. The molecule has 3 heterocycles. The van der Waals surface area contributed by atoms with Gasteiger partial charge in [0.1, 0.15) is 5.69 Å². The summed E-state index contributed by atoms with van der Waals surface area (Å²) in [6.45, 7) is 6.56. The highest BCUT2D eigenvalue weighted by molar-refractivity contribution is 5.96. The molecule has 0 radical (unpaired) electrons. The molecule has 0 bridgehead atoms. The van der Waals surface area contributed by atoms with Crippen LogP contribution in [0.1, 0.15) is 47.2 Å². The molecule has 4 rings (SSSR count). The van der Waals surface area contributed by atoms with Gasteiger partial charge in [-0.1, -0.05) is 24.8 Å². The molecular weight excluding hydrogens is 328 g/mol. The zero-order valence-electron chi connectivity index (χ0n) is 14.5. The van der Waals surface area contributed by atoms with E-state index in [9.17, 15) is 4.79 Å². The molecule has 0 saturated heterocycles. The SMILES string of the molecule is C.Cc1cccc(C(=O)N2Cc3nnn(-c4ccn[nH]4)c3C[C@H]2C)c1C. The Hall–Kier alpha value is -2.96. The third-order valence-electron chi connectivity index (χ3n) is 4.99. The van der Waals surface area contributed by atoms with Crippen LogP contribution in [0.25, 0.3) is 5.82 Å². The van der Waals surface area contributed by atoms with E-state index in [1.807, 2.05) is 43.0 Å². The molecule has 1 aromatic carbocycles. The Morgan fingerprint density at radius 1 is 1.27 bits per heavy atom. The maximum Gasteiger partial charge on any atom is 0.254 e. The fraction of sp³-hybridized carbons (Fsp3) is 0.368. The molecule has 2 aromatic heterocycles. The lowest BCUT2D eigenvalue weighted by atomic mass is 9.98. The maximum atomic E-state index is 13.1. The molecule has 1 amide bonds. The molecule has 7 nitrogen and oxygen atoms in total. The molecule has 0 unspecified atom stereocenters. The van der Waals surface area contributed by atoms with Crippen LogP contribution in [0.5, 0.6) is 0 Å². The molecular formula is C19H24N6O. The standard InChI is InChI=1S/C18H20N6O.CH4/c1-11-5-4-6-14(13(11)3)18(25)23-10-15-16(9-12(23)2)24(22-20-15)17-7-8-19-21-17;/h4-8,12H,9-10H2,1-3H3,(H,19,21);1H4/t12-;/m1./s1. The number of hydrogen-bond donors (Lipinski definition) is 1. The van der Waals surface area contributed by atoms with Gasteiger partial charge in [0, 0.05) is 24.1 Å². The second-order valence-corrected chi connectivity index (χ2v) is 6.57. The highest BCUT2D eigenvalue weighted by Gasteiger charge is 2.32. The summed E-state index contributed by atoms with van der Waals surface area (Å²) in [5.41, 5.74) is 4.79. The second-order valence-electron chi connectivity index (χ2n) is 6.57. The molecule has 3 aromatic rings. The molecule has 1 aliphatic rings. The third kappa shape index (κ3) is 2.79. The van der Waals surface area contributed by atoms with Gasteiger partial charge in [0.2, 0.25) is 0 Å². The molecule has 7 heteroatoms. The van der Waals surface area contributed by atoms with Crippen molar-refractivity contribution in [3.8, 4) is 5.82 Å². The summed E-state index contributed by atoms with van der Waals surface area (Å²) in [6, 6.07) is 7.78. The van der Waals surface area contributed by atoms with Crippen LogP contribution in [-0.2, 0) is 13.0 Å². The fourth-order valence-electron chi connectivity index (χ4n) is 3.34. The van der Waals surface area contributed by atoms with Crippen LogP contribution in [0.2, 0.25) is 0 Å². The minimum Gasteiger partial charge on any atom is -0.329 e. The van der Waals surface area contributed by atoms with E-state index in [2.05, 4.69) is 27.4 Å². The summed E-state index contributed by atoms with van der Waals surface area (Å²) in [5, 5.41) is 15.4. The van der Waals surface area contributed by atoms with Crippen LogP contribution >= 0.6 is 0 Å². The zero-order chi connectivity index (χ0) is 17.6. The van der Waals surface area contributed by atoms with Crippen molar-refractivity contribution in [2.45, 2.75) is 47.2 Å². The minimum atomic E-state index is 0. The van der Waals surface area contributed by atoms with Gasteiger partial charge in [-0.3, -0.25) is 9.89 Å². The van der Waals surface area contributed by atoms with Crippen molar-refractivity contribution < 1.29 is 4.79 Å². The Labute approximate surface area is 153 Å². The van der Waals surface area contributed by atoms with Gasteiger partial charge in [0.05, 0.1) is 18.4 Å². The van der Waals surface area contributed by atoms with E-state index < -0.39 is 0 Å². The fourth-order valence-corrected chi connectivity index (χ4v) is 3.34. The Kier molecular flexibility index (Phi) is 4.63. The van der Waals surface area contributed by atoms with E-state index in [4.69, 9.17) is 0 Å². The number of carbonyl (C=O) groups is 1. The van der Waals surface area contributed by atoms with Gasteiger partial charge in [-0.25, -0.2) is 0 Å². The van der Waals surface area contributed by atoms with Gasteiger partial charge in [0.15, 0.2) is 5.82 Å². The first-order valence-electron chi connectivity index (χ1n) is 8.36. The number of benzene rings is 1. The normalized spacial score (nSPS) is 16.1. The molecule has 1 atom stereocenters. The number of carbonyl (C=O) groups excluding carboxylic acids is 1. The number of amides is 1. The second kappa shape index (κ2) is 6.74. The average molecular weight is 352 g/mol. The first-order valence-corrected chi connectivity index (χ1v) is 8.36. The number of nitrogens with zero attached hydrogens (tertiary/aromatic N) is 5. The van der Waals surface area contributed by atoms with Gasteiger partial charge in [-0.15, -0.1) is 5.10 Å². The lowest BCUT2D eigenvalue weighted by Gasteiger charge is -2.33. The van der Waals surface area contributed by atoms with Crippen molar-refractivity contribution in [3.63, 3.8) is 0 Å². The maximum absolute atomic E-state index is 13.1. The van der Waals surface area contributed by atoms with Crippen molar-refractivity contribution in [1.82, 2.24) is 30.1 Å². The lowest BCUT2D eigenvalue weighted by Crippen LogP contribution is -2.43. The van der Waals surface area contributed by atoms with E-state index >= 15 is 0 Å². The van der Waals surface area contributed by atoms with Crippen molar-refractivity contribution in [2.75, 3.05) is 0 Å². The van der Waals surface area contributed by atoms with E-state index in [0.29, 0.717) is 13.0 Å². The van der Waals surface area contributed by atoms with Gasteiger partial charge in [-0.05, 0) is 38.0 Å². The number of fused-ring (bicyclic) bond motifs is 1. The zero-order valence-corrected chi connectivity index (χ0v) is 14.5. The molecule has 26 heavy (non-hydrogen) atoms. The summed E-state index contributed by atoms with van der Waals surface area (Å²) in [4.78, 5) is 15.0. The molecule has 0 aliphatic carbocycles. The number of aromatic nitrogens is 5. The first-order chi connectivity index (χ1) is 12.1. The van der Waals surface area contributed by atoms with Crippen LogP contribution in [0.3, 0.4) is 0 Å². The Morgan fingerprint density at radius 2 is 2.08 bits per heavy atom. The minimum absolute atomic E-state index is 0. The highest BCUT2D eigenvalue weighted by atomic mass is 16.2. The van der Waals surface area contributed by atoms with Gasteiger partial charge in [-0.2, -0.15) is 9.78 Å². The quantitative estimate of drug-likeness (QED) is 0.769. The number of H-pyrrole nitrogens is 1. The summed E-state index contributed by atoms with van der Waals surface area (Å²) >= 11 is 0. The summed E-state index contributed by atoms with van der Waals surface area (Å²) in [6.07, 6.45) is 2.39. The van der Waals surface area contributed by atoms with E-state index in [1.54, 1.807) is 10.9 Å². The number of aryl methyl sites for hydroxylation is 1. The predicted octanol–water partition coefficient (Wildman–Crippen LogP) is 2.83. The van der Waals surface area contributed by atoms with Crippen molar-refractivity contribution in [3.05, 3.63) is 58.5 Å². The van der Waals surface area contributed by atoms with Crippen LogP contribution in [0, 0.1) is 13.8 Å². The average Bonchev–Trinajstić information content (AvgIpc) is 3.25. The van der Waals surface area contributed by atoms with E-state index in [-0.39, 0.29) is 19.4 Å². The molecule has 0 saturated carbocycles. The van der Waals surface area contributed by atoms with Crippen molar-refractivity contribution in [1.29, 1.82) is 0 Å². The smallest absolute Gasteiger partial charge is 0.254 e. The van der Waals surface area contributed by atoms with Gasteiger partial charge < -0.3 is 4.90 Å². The van der Waals surface area contributed by atoms with Gasteiger partial charge >= 0.3 is 0 Å². The number of aromatic amines is 1. The molecule has 136 valence electrons. The number of nitrogens with one attached hydrogen (secondary N) is 1. The summed E-state index contributed by atoms with van der Waals surface area (Å²) < 4.78 is 1.78. The highest BCUT2D eigenvalue weighted by Crippen LogP contribution is 2.26. The Balaban J connectivity index is 0.00000196. The molecule has 0 spiro atoms. The van der Waals surface area contributed by atoms with Crippen molar-refractivity contribution >= 4 is 5.91 Å². The first kappa shape index (κ1) is 17.8. The van der Waals surface area contributed by atoms with Crippen LogP contribution < -0.4 is 0 Å². The Bertz CT molecular complexity index is 928. The van der Waals surface area contributed by atoms with E-state index in [1.165, 1.54) is 0 Å². The molecule has 0 fully saturated rings. The van der Waals surface area contributed by atoms with Gasteiger partial charge in [0.25, 0.3) is 5.91 Å². The Morgan fingerprint density at radius 3 is 2.81 bits per heavy atom. The predicted molar refractivity (Wildman–Crippen MR) is 99.2 cm³/mol. The lowest BCUT2D eigenvalue weighted by molar-refractivity contribution is 0.0652. The third-order valence-corrected chi connectivity index (χ3v) is 4.99. The van der Waals surface area contributed by atoms with Crippen molar-refractivity contribution in [2.24, 2.45) is 0 Å². The summed E-state index contributed by atoms with van der Waals surface area (Å²) in [5.74, 6) is 0.839. The largest absolute Gasteiger partial charge is 0.329 e. The van der Waals surface area contributed by atoms with E-state index in [0.717, 1.165) is 33.9 Å². The van der Waals surface area contributed by atoms with Crippen LogP contribution in [0.15, 0.2) is 30.5 Å².